The Bertz CT molecular complexity index is 1710. The Kier molecular flexibility index (Phi) is 11.3. The standard InChI is InChI=1S/C37H42Cl3N5O5/c1-22-15-31(39)35(32(40)16-22)50-27-11-13-43(20-27)33-9-5-24(18-42-33)28-12-14-44(37(48)49)21-29(28)36(47)45(26-6-7-26)19-25-17-23(3-8-30(25)38)4-10-34(46)41-2/h3,5,8-9,15-18,26-29H,4,6-7,10-14,19-21H2,1-2H3,(H,41,46)(H,48,49)/t27-,28-,29+/m1/s1. The van der Waals surface area contributed by atoms with Gasteiger partial charge in [0.05, 0.1) is 22.5 Å². The minimum absolute atomic E-state index is 0.0439. The van der Waals surface area contributed by atoms with Crippen molar-refractivity contribution in [1.82, 2.24) is 20.1 Å². The Morgan fingerprint density at radius 3 is 2.40 bits per heavy atom. The maximum absolute atomic E-state index is 14.5. The van der Waals surface area contributed by atoms with E-state index in [9.17, 15) is 19.5 Å². The predicted molar refractivity (Wildman–Crippen MR) is 195 cm³/mol. The molecule has 3 aromatic rings. The van der Waals surface area contributed by atoms with Crippen molar-refractivity contribution < 1.29 is 24.2 Å². The number of aryl methyl sites for hydroxylation is 2. The number of aromatic nitrogens is 1. The minimum Gasteiger partial charge on any atom is -0.485 e. The molecule has 6 rings (SSSR count). The number of piperidine rings is 1. The van der Waals surface area contributed by atoms with Gasteiger partial charge in [0.15, 0.2) is 5.75 Å². The summed E-state index contributed by atoms with van der Waals surface area (Å²) in [5.74, 6) is 0.406. The van der Waals surface area contributed by atoms with Crippen LogP contribution in [0.3, 0.4) is 0 Å². The molecule has 2 aliphatic heterocycles. The van der Waals surface area contributed by atoms with Crippen LogP contribution in [0.4, 0.5) is 10.6 Å². The van der Waals surface area contributed by atoms with Crippen LogP contribution in [0.15, 0.2) is 48.7 Å². The van der Waals surface area contributed by atoms with E-state index in [1.807, 2.05) is 60.5 Å². The first-order chi connectivity index (χ1) is 24.0. The third-order valence-corrected chi connectivity index (χ3v) is 10.9. The molecule has 3 atom stereocenters. The molecule has 2 N–H and O–H groups in total. The summed E-state index contributed by atoms with van der Waals surface area (Å²) < 4.78 is 6.21. The number of halogens is 3. The fraction of sp³-hybridized carbons (Fsp3) is 0.459. The Labute approximate surface area is 307 Å². The molecule has 0 spiro atoms. The molecule has 3 amide bonds. The van der Waals surface area contributed by atoms with Gasteiger partial charge in [-0.2, -0.15) is 0 Å². The highest BCUT2D eigenvalue weighted by molar-refractivity contribution is 6.37. The Balaban J connectivity index is 1.17. The largest absolute Gasteiger partial charge is 0.485 e. The second-order valence-corrected chi connectivity index (χ2v) is 14.7. The van der Waals surface area contributed by atoms with Gasteiger partial charge in [0, 0.05) is 69.2 Å². The lowest BCUT2D eigenvalue weighted by atomic mass is 9.80. The number of rotatable bonds is 11. The number of benzene rings is 2. The van der Waals surface area contributed by atoms with Gasteiger partial charge in [-0.1, -0.05) is 53.0 Å². The SMILES string of the molecule is CNC(=O)CCc1ccc(Cl)c(CN(C(=O)[C@H]2CN(C(=O)O)CC[C@@H]2c2ccc(N3CC[C@@H](Oc4c(Cl)cc(C)cc4Cl)C3)nc2)C2CC2)c1. The van der Waals surface area contributed by atoms with E-state index in [0.29, 0.717) is 59.7 Å². The number of carbonyl (C=O) groups excluding carboxylic acids is 2. The molecule has 3 heterocycles. The monoisotopic (exact) mass is 741 g/mol. The average molecular weight is 743 g/mol. The molecule has 2 aromatic carbocycles. The number of amides is 3. The maximum Gasteiger partial charge on any atom is 0.407 e. The van der Waals surface area contributed by atoms with E-state index in [0.717, 1.165) is 53.9 Å². The van der Waals surface area contributed by atoms with Crippen LogP contribution >= 0.6 is 34.8 Å². The van der Waals surface area contributed by atoms with E-state index in [1.54, 1.807) is 7.05 Å². The summed E-state index contributed by atoms with van der Waals surface area (Å²) >= 11 is 19.5. The zero-order valence-electron chi connectivity index (χ0n) is 28.2. The number of carboxylic acid groups (broad SMARTS) is 1. The summed E-state index contributed by atoms with van der Waals surface area (Å²) in [6.45, 7) is 4.07. The lowest BCUT2D eigenvalue weighted by molar-refractivity contribution is -0.139. The predicted octanol–water partition coefficient (Wildman–Crippen LogP) is 6.96. The van der Waals surface area contributed by atoms with Gasteiger partial charge in [-0.3, -0.25) is 9.59 Å². The average Bonchev–Trinajstić information content (AvgIpc) is 3.84. The van der Waals surface area contributed by atoms with Crippen LogP contribution in [0.25, 0.3) is 0 Å². The second kappa shape index (κ2) is 15.7. The van der Waals surface area contributed by atoms with Gasteiger partial charge in [0.1, 0.15) is 11.9 Å². The second-order valence-electron chi connectivity index (χ2n) is 13.5. The van der Waals surface area contributed by atoms with Gasteiger partial charge in [0.2, 0.25) is 11.8 Å². The highest BCUT2D eigenvalue weighted by Crippen LogP contribution is 2.39. The maximum atomic E-state index is 14.5. The van der Waals surface area contributed by atoms with Gasteiger partial charge in [0.25, 0.3) is 0 Å². The quantitative estimate of drug-likeness (QED) is 0.218. The molecular formula is C37H42Cl3N5O5. The van der Waals surface area contributed by atoms with E-state index in [-0.39, 0.29) is 36.4 Å². The van der Waals surface area contributed by atoms with Gasteiger partial charge in [-0.25, -0.2) is 9.78 Å². The lowest BCUT2D eigenvalue weighted by Crippen LogP contribution is -2.49. The summed E-state index contributed by atoms with van der Waals surface area (Å²) in [7, 11) is 1.61. The van der Waals surface area contributed by atoms with Crippen LogP contribution in [0, 0.1) is 12.8 Å². The van der Waals surface area contributed by atoms with E-state index in [4.69, 9.17) is 44.5 Å². The zero-order chi connectivity index (χ0) is 35.5. The minimum atomic E-state index is -1.03. The van der Waals surface area contributed by atoms with Crippen LogP contribution in [0.2, 0.25) is 15.1 Å². The first-order valence-corrected chi connectivity index (χ1v) is 18.2. The van der Waals surface area contributed by atoms with Crippen LogP contribution < -0.4 is 15.0 Å². The summed E-state index contributed by atoms with van der Waals surface area (Å²) in [6, 6.07) is 13.4. The Hall–Kier alpha value is -3.73. The van der Waals surface area contributed by atoms with Crippen molar-refractivity contribution in [3.8, 4) is 5.75 Å². The molecule has 1 saturated carbocycles. The number of nitrogens with zero attached hydrogens (tertiary/aromatic N) is 4. The van der Waals surface area contributed by atoms with Crippen molar-refractivity contribution in [3.63, 3.8) is 0 Å². The topological polar surface area (TPSA) is 115 Å². The van der Waals surface area contributed by atoms with Crippen molar-refractivity contribution in [2.75, 3.05) is 38.1 Å². The molecular weight excluding hydrogens is 701 g/mol. The van der Waals surface area contributed by atoms with Crippen molar-refractivity contribution in [2.45, 2.75) is 70.1 Å². The molecule has 3 fully saturated rings. The first kappa shape index (κ1) is 36.1. The normalized spacial score (nSPS) is 20.5. The van der Waals surface area contributed by atoms with E-state index in [1.165, 1.54) is 4.90 Å². The molecule has 10 nitrogen and oxygen atoms in total. The summed E-state index contributed by atoms with van der Waals surface area (Å²) in [6.07, 6.45) is 4.68. The fourth-order valence-electron chi connectivity index (χ4n) is 7.03. The van der Waals surface area contributed by atoms with Crippen LogP contribution in [-0.4, -0.2) is 83.2 Å². The fourth-order valence-corrected chi connectivity index (χ4v) is 7.90. The molecule has 13 heteroatoms. The molecule has 1 aromatic heterocycles. The molecule has 0 unspecified atom stereocenters. The van der Waals surface area contributed by atoms with Gasteiger partial charge < -0.3 is 29.9 Å². The number of nitrogens with one attached hydrogen (secondary N) is 1. The number of pyridine rings is 1. The molecule has 0 bridgehead atoms. The number of ether oxygens (including phenoxy) is 1. The number of hydrogen-bond acceptors (Lipinski definition) is 6. The Morgan fingerprint density at radius 1 is 0.980 bits per heavy atom. The van der Waals surface area contributed by atoms with Crippen LogP contribution in [0.5, 0.6) is 5.75 Å². The highest BCUT2D eigenvalue weighted by atomic mass is 35.5. The van der Waals surface area contributed by atoms with E-state index in [2.05, 4.69) is 10.2 Å². The van der Waals surface area contributed by atoms with Gasteiger partial charge in [-0.05, 0) is 79.1 Å². The van der Waals surface area contributed by atoms with Gasteiger partial charge in [-0.15, -0.1) is 0 Å². The summed E-state index contributed by atoms with van der Waals surface area (Å²) in [5.41, 5.74) is 3.66. The van der Waals surface area contributed by atoms with E-state index >= 15 is 0 Å². The smallest absolute Gasteiger partial charge is 0.407 e. The third kappa shape index (κ3) is 8.41. The number of hydrogen-bond donors (Lipinski definition) is 2. The number of likely N-dealkylation sites (tertiary alicyclic amines) is 1. The Morgan fingerprint density at radius 2 is 1.74 bits per heavy atom. The van der Waals surface area contributed by atoms with Crippen molar-refractivity contribution in [1.29, 1.82) is 0 Å². The van der Waals surface area contributed by atoms with Crippen molar-refractivity contribution >= 4 is 58.5 Å². The molecule has 2 saturated heterocycles. The lowest BCUT2D eigenvalue weighted by Gasteiger charge is -2.39. The number of carbonyl (C=O) groups is 3. The number of anilines is 1. The molecule has 3 aliphatic rings. The van der Waals surface area contributed by atoms with Crippen LogP contribution in [0.1, 0.15) is 60.3 Å². The molecule has 266 valence electrons. The summed E-state index contributed by atoms with van der Waals surface area (Å²) in [4.78, 5) is 48.6. The van der Waals surface area contributed by atoms with E-state index < -0.39 is 12.0 Å². The summed E-state index contributed by atoms with van der Waals surface area (Å²) in [5, 5.41) is 14.1. The molecule has 50 heavy (non-hydrogen) atoms. The molecule has 1 aliphatic carbocycles. The molecule has 0 radical (unpaired) electrons. The third-order valence-electron chi connectivity index (χ3n) is 9.94. The zero-order valence-corrected chi connectivity index (χ0v) is 30.5. The van der Waals surface area contributed by atoms with Crippen LogP contribution in [-0.2, 0) is 22.6 Å². The van der Waals surface area contributed by atoms with Gasteiger partial charge >= 0.3 is 6.09 Å². The van der Waals surface area contributed by atoms with Crippen molar-refractivity contribution in [3.05, 3.63) is 86.0 Å². The van der Waals surface area contributed by atoms with Crippen molar-refractivity contribution in [2.24, 2.45) is 5.92 Å². The first-order valence-electron chi connectivity index (χ1n) is 17.1. The highest BCUT2D eigenvalue weighted by Gasteiger charge is 2.43.